The van der Waals surface area contributed by atoms with Gasteiger partial charge in [-0.3, -0.25) is 4.79 Å². The maximum Gasteiger partial charge on any atom is 0.234 e. The molecular formula is C17H26N2O2. The number of hydrogen-bond donors (Lipinski definition) is 1. The van der Waals surface area contributed by atoms with Crippen LogP contribution in [0.2, 0.25) is 0 Å². The summed E-state index contributed by atoms with van der Waals surface area (Å²) in [5.41, 5.74) is 6.41. The Hall–Kier alpha value is -1.55. The second kappa shape index (κ2) is 6.94. The molecule has 1 aliphatic carbocycles. The van der Waals surface area contributed by atoms with Crippen LogP contribution in [0, 0.1) is 5.41 Å². The normalized spacial score (nSPS) is 17.9. The van der Waals surface area contributed by atoms with Gasteiger partial charge in [0.15, 0.2) is 0 Å². The molecule has 2 rings (SSSR count). The van der Waals surface area contributed by atoms with Gasteiger partial charge in [-0.1, -0.05) is 37.8 Å². The van der Waals surface area contributed by atoms with Gasteiger partial charge in [-0.2, -0.15) is 0 Å². The van der Waals surface area contributed by atoms with Crippen molar-refractivity contribution in [3.8, 4) is 5.75 Å². The molecule has 0 heterocycles. The summed E-state index contributed by atoms with van der Waals surface area (Å²) in [6, 6.07) is 7.62. The van der Waals surface area contributed by atoms with Crippen molar-refractivity contribution in [2.45, 2.75) is 38.5 Å². The molecule has 116 valence electrons. The number of benzene rings is 1. The maximum absolute atomic E-state index is 13.1. The molecule has 1 saturated carbocycles. The minimum atomic E-state index is -0.411. The third-order valence-corrected chi connectivity index (χ3v) is 4.66. The van der Waals surface area contributed by atoms with E-state index in [9.17, 15) is 4.79 Å². The number of carbonyl (C=O) groups excluding carboxylic acids is 1. The van der Waals surface area contributed by atoms with Gasteiger partial charge in [0, 0.05) is 13.6 Å². The molecule has 1 amide bonds. The summed E-state index contributed by atoms with van der Waals surface area (Å²) in [6.07, 6.45) is 6.36. The highest BCUT2D eigenvalue weighted by molar-refractivity contribution is 5.98. The summed E-state index contributed by atoms with van der Waals surface area (Å²) in [5.74, 6) is 0.838. The lowest BCUT2D eigenvalue weighted by molar-refractivity contribution is -0.128. The van der Waals surface area contributed by atoms with Crippen LogP contribution in [0.4, 0.5) is 5.69 Å². The van der Waals surface area contributed by atoms with E-state index in [4.69, 9.17) is 10.5 Å². The number of nitrogens with two attached hydrogens (primary N) is 1. The van der Waals surface area contributed by atoms with Gasteiger partial charge >= 0.3 is 0 Å². The van der Waals surface area contributed by atoms with E-state index in [1.165, 1.54) is 12.8 Å². The van der Waals surface area contributed by atoms with Crippen molar-refractivity contribution in [2.24, 2.45) is 11.1 Å². The molecule has 4 nitrogen and oxygen atoms in total. The van der Waals surface area contributed by atoms with E-state index >= 15 is 0 Å². The zero-order chi connectivity index (χ0) is 15.3. The number of nitrogens with zero attached hydrogens (tertiary/aromatic N) is 1. The van der Waals surface area contributed by atoms with Crippen LogP contribution in [0.3, 0.4) is 0 Å². The van der Waals surface area contributed by atoms with Gasteiger partial charge in [0.05, 0.1) is 18.2 Å². The van der Waals surface area contributed by atoms with E-state index < -0.39 is 5.41 Å². The van der Waals surface area contributed by atoms with Gasteiger partial charge in [0.25, 0.3) is 0 Å². The highest BCUT2D eigenvalue weighted by atomic mass is 16.5. The van der Waals surface area contributed by atoms with Gasteiger partial charge in [0.1, 0.15) is 5.75 Å². The predicted molar refractivity (Wildman–Crippen MR) is 85.6 cm³/mol. The molecular weight excluding hydrogens is 264 g/mol. The molecule has 0 atom stereocenters. The molecule has 0 spiro atoms. The smallest absolute Gasteiger partial charge is 0.234 e. The quantitative estimate of drug-likeness (QED) is 0.867. The van der Waals surface area contributed by atoms with Crippen molar-refractivity contribution >= 4 is 11.6 Å². The Labute approximate surface area is 127 Å². The van der Waals surface area contributed by atoms with Gasteiger partial charge in [-0.15, -0.1) is 0 Å². The van der Waals surface area contributed by atoms with Crippen molar-refractivity contribution in [1.29, 1.82) is 0 Å². The highest BCUT2D eigenvalue weighted by Crippen LogP contribution is 2.38. The van der Waals surface area contributed by atoms with E-state index in [0.29, 0.717) is 12.3 Å². The average Bonchev–Trinajstić information content (AvgIpc) is 2.79. The van der Waals surface area contributed by atoms with Crippen LogP contribution in [0.15, 0.2) is 24.3 Å². The Morgan fingerprint density at radius 2 is 1.86 bits per heavy atom. The van der Waals surface area contributed by atoms with Crippen molar-refractivity contribution in [3.63, 3.8) is 0 Å². The van der Waals surface area contributed by atoms with Crippen LogP contribution in [0.5, 0.6) is 5.75 Å². The topological polar surface area (TPSA) is 55.6 Å². The first-order valence-corrected chi connectivity index (χ1v) is 7.76. The lowest BCUT2D eigenvalue weighted by atomic mass is 9.79. The minimum Gasteiger partial charge on any atom is -0.495 e. The number of carbonyl (C=O) groups is 1. The Bertz CT molecular complexity index is 479. The number of rotatable bonds is 4. The van der Waals surface area contributed by atoms with Gasteiger partial charge in [-0.05, 0) is 25.0 Å². The van der Waals surface area contributed by atoms with Crippen LogP contribution >= 0.6 is 0 Å². The molecule has 0 unspecified atom stereocenters. The zero-order valence-electron chi connectivity index (χ0n) is 13.1. The second-order valence-corrected chi connectivity index (χ2v) is 5.93. The Balaban J connectivity index is 2.28. The predicted octanol–water partition coefficient (Wildman–Crippen LogP) is 2.96. The number of para-hydroxylation sites is 2. The van der Waals surface area contributed by atoms with Crippen molar-refractivity contribution in [2.75, 3.05) is 25.6 Å². The van der Waals surface area contributed by atoms with Crippen molar-refractivity contribution in [3.05, 3.63) is 24.3 Å². The molecule has 1 aromatic carbocycles. The number of hydrogen-bond acceptors (Lipinski definition) is 3. The van der Waals surface area contributed by atoms with Gasteiger partial charge < -0.3 is 15.4 Å². The maximum atomic E-state index is 13.1. The molecule has 2 N–H and O–H groups in total. The second-order valence-electron chi connectivity index (χ2n) is 5.93. The van der Waals surface area contributed by atoms with E-state index in [1.807, 2.05) is 31.3 Å². The third kappa shape index (κ3) is 3.21. The summed E-state index contributed by atoms with van der Waals surface area (Å²) in [5, 5.41) is 0. The zero-order valence-corrected chi connectivity index (χ0v) is 13.1. The van der Waals surface area contributed by atoms with Crippen molar-refractivity contribution in [1.82, 2.24) is 0 Å². The minimum absolute atomic E-state index is 0.122. The fourth-order valence-electron chi connectivity index (χ4n) is 3.28. The SMILES string of the molecule is COc1ccccc1N(C)C(=O)C1(CN)CCCCCC1. The monoisotopic (exact) mass is 290 g/mol. The summed E-state index contributed by atoms with van der Waals surface area (Å²) in [6.45, 7) is 0.422. The van der Waals surface area contributed by atoms with Gasteiger partial charge in [-0.25, -0.2) is 0 Å². The highest BCUT2D eigenvalue weighted by Gasteiger charge is 2.39. The molecule has 0 saturated heterocycles. The Kier molecular flexibility index (Phi) is 5.23. The lowest BCUT2D eigenvalue weighted by Gasteiger charge is -2.34. The molecule has 0 aromatic heterocycles. The first kappa shape index (κ1) is 15.8. The Morgan fingerprint density at radius 1 is 1.24 bits per heavy atom. The van der Waals surface area contributed by atoms with Crippen LogP contribution in [-0.2, 0) is 4.79 Å². The van der Waals surface area contributed by atoms with Crippen LogP contribution < -0.4 is 15.4 Å². The van der Waals surface area contributed by atoms with E-state index in [2.05, 4.69) is 0 Å². The fourth-order valence-corrected chi connectivity index (χ4v) is 3.28. The van der Waals surface area contributed by atoms with Crippen LogP contribution in [0.1, 0.15) is 38.5 Å². The number of methoxy groups -OCH3 is 1. The standard InChI is InChI=1S/C17H26N2O2/c1-19(14-9-5-6-10-15(14)21-2)16(20)17(13-18)11-7-3-4-8-12-17/h5-6,9-10H,3-4,7-8,11-13,18H2,1-2H3. The summed E-state index contributed by atoms with van der Waals surface area (Å²) in [7, 11) is 3.45. The number of anilines is 1. The summed E-state index contributed by atoms with van der Waals surface area (Å²) in [4.78, 5) is 14.8. The fraction of sp³-hybridized carbons (Fsp3) is 0.588. The number of amides is 1. The first-order chi connectivity index (χ1) is 10.1. The van der Waals surface area contributed by atoms with Crippen LogP contribution in [-0.4, -0.2) is 26.6 Å². The largest absolute Gasteiger partial charge is 0.495 e. The lowest BCUT2D eigenvalue weighted by Crippen LogP contribution is -2.46. The molecule has 1 aromatic rings. The van der Waals surface area contributed by atoms with E-state index in [0.717, 1.165) is 31.4 Å². The molecule has 0 bridgehead atoms. The molecule has 1 aliphatic rings. The molecule has 21 heavy (non-hydrogen) atoms. The average molecular weight is 290 g/mol. The first-order valence-electron chi connectivity index (χ1n) is 7.76. The molecule has 4 heteroatoms. The summed E-state index contributed by atoms with van der Waals surface area (Å²) >= 11 is 0. The van der Waals surface area contributed by atoms with Crippen molar-refractivity contribution < 1.29 is 9.53 Å². The van der Waals surface area contributed by atoms with E-state index in [1.54, 1.807) is 12.0 Å². The van der Waals surface area contributed by atoms with Crippen LogP contribution in [0.25, 0.3) is 0 Å². The van der Waals surface area contributed by atoms with E-state index in [-0.39, 0.29) is 5.91 Å². The van der Waals surface area contributed by atoms with Gasteiger partial charge in [0.2, 0.25) is 5.91 Å². The molecule has 1 fully saturated rings. The summed E-state index contributed by atoms with van der Waals surface area (Å²) < 4.78 is 5.37. The third-order valence-electron chi connectivity index (χ3n) is 4.66. The Morgan fingerprint density at radius 3 is 2.43 bits per heavy atom. The number of ether oxygens (including phenoxy) is 1. The molecule has 0 aliphatic heterocycles. The molecule has 0 radical (unpaired) electrons.